The predicted octanol–water partition coefficient (Wildman–Crippen LogP) is 2.41. The summed E-state index contributed by atoms with van der Waals surface area (Å²) in [6.07, 6.45) is 0.813. The number of anilines is 2. The van der Waals surface area contributed by atoms with Gasteiger partial charge in [0.2, 0.25) is 0 Å². The Morgan fingerprint density at radius 3 is 2.83 bits per heavy atom. The van der Waals surface area contributed by atoms with E-state index < -0.39 is 10.8 Å². The Hall–Kier alpha value is -1.49. The van der Waals surface area contributed by atoms with Gasteiger partial charge >= 0.3 is 0 Å². The quantitative estimate of drug-likeness (QED) is 0.567. The third-order valence-corrected chi connectivity index (χ3v) is 4.47. The Morgan fingerprint density at radius 1 is 1.44 bits per heavy atom. The van der Waals surface area contributed by atoms with Crippen molar-refractivity contribution < 1.29 is 9.32 Å². The normalized spacial score (nSPS) is 22.3. The SMILES string of the molecule is CC1(C)CC(Nc2cccc(O)c2N)=CS(=O)C1. The van der Waals surface area contributed by atoms with Gasteiger partial charge in [0.25, 0.3) is 0 Å². The summed E-state index contributed by atoms with van der Waals surface area (Å²) >= 11 is 0. The smallest absolute Gasteiger partial charge is 0.140 e. The van der Waals surface area contributed by atoms with Gasteiger partial charge in [-0.25, -0.2) is 0 Å². The second-order valence-electron chi connectivity index (χ2n) is 5.37. The first-order valence-corrected chi connectivity index (χ1v) is 7.18. The molecule has 18 heavy (non-hydrogen) atoms. The number of phenolic OH excluding ortho intramolecular Hbond substituents is 1. The van der Waals surface area contributed by atoms with Gasteiger partial charge in [-0.2, -0.15) is 0 Å². The summed E-state index contributed by atoms with van der Waals surface area (Å²) < 4.78 is 11.7. The van der Waals surface area contributed by atoms with Crippen molar-refractivity contribution in [2.75, 3.05) is 16.8 Å². The largest absolute Gasteiger partial charge is 0.506 e. The van der Waals surface area contributed by atoms with E-state index in [-0.39, 0.29) is 11.2 Å². The van der Waals surface area contributed by atoms with Gasteiger partial charge in [-0.05, 0) is 24.0 Å². The number of nitrogens with one attached hydrogen (secondary N) is 1. The molecule has 2 rings (SSSR count). The Balaban J connectivity index is 2.24. The van der Waals surface area contributed by atoms with Crippen LogP contribution >= 0.6 is 0 Å². The van der Waals surface area contributed by atoms with E-state index in [1.165, 1.54) is 6.07 Å². The summed E-state index contributed by atoms with van der Waals surface area (Å²) in [5, 5.41) is 14.4. The second-order valence-corrected chi connectivity index (χ2v) is 6.66. The molecule has 0 saturated heterocycles. The molecule has 4 N–H and O–H groups in total. The van der Waals surface area contributed by atoms with Crippen LogP contribution < -0.4 is 11.1 Å². The maximum atomic E-state index is 11.7. The Bertz CT molecular complexity index is 524. The Kier molecular flexibility index (Phi) is 3.34. The first-order chi connectivity index (χ1) is 8.37. The molecule has 0 aliphatic carbocycles. The van der Waals surface area contributed by atoms with Crippen LogP contribution in [0.15, 0.2) is 29.3 Å². The van der Waals surface area contributed by atoms with Gasteiger partial charge in [0.15, 0.2) is 0 Å². The highest BCUT2D eigenvalue weighted by Crippen LogP contribution is 2.34. The molecular weight excluding hydrogens is 248 g/mol. The molecule has 1 aliphatic heterocycles. The summed E-state index contributed by atoms with van der Waals surface area (Å²) in [4.78, 5) is 0. The number of hydrogen-bond acceptors (Lipinski definition) is 4. The number of para-hydroxylation sites is 1. The summed E-state index contributed by atoms with van der Waals surface area (Å²) in [6.45, 7) is 4.18. The number of nitrogen functional groups attached to an aromatic ring is 1. The fourth-order valence-electron chi connectivity index (χ4n) is 2.10. The van der Waals surface area contributed by atoms with Crippen LogP contribution in [0.2, 0.25) is 0 Å². The highest BCUT2D eigenvalue weighted by molar-refractivity contribution is 7.88. The lowest BCUT2D eigenvalue weighted by atomic mass is 9.90. The third-order valence-electron chi connectivity index (χ3n) is 2.85. The fourth-order valence-corrected chi connectivity index (χ4v) is 3.52. The molecule has 0 amide bonds. The molecule has 98 valence electrons. The van der Waals surface area contributed by atoms with Crippen molar-refractivity contribution in [2.45, 2.75) is 20.3 Å². The van der Waals surface area contributed by atoms with Gasteiger partial charge in [-0.3, -0.25) is 4.21 Å². The molecule has 1 aromatic rings. The van der Waals surface area contributed by atoms with E-state index in [2.05, 4.69) is 19.2 Å². The van der Waals surface area contributed by atoms with Crippen molar-refractivity contribution in [1.82, 2.24) is 0 Å². The second kappa shape index (κ2) is 4.65. The topological polar surface area (TPSA) is 75.3 Å². The molecule has 4 nitrogen and oxygen atoms in total. The van der Waals surface area contributed by atoms with E-state index in [1.54, 1.807) is 17.5 Å². The molecule has 0 fully saturated rings. The highest BCUT2D eigenvalue weighted by atomic mass is 32.2. The van der Waals surface area contributed by atoms with Crippen LogP contribution in [0.4, 0.5) is 11.4 Å². The van der Waals surface area contributed by atoms with Gasteiger partial charge in [-0.15, -0.1) is 0 Å². The molecule has 0 saturated carbocycles. The molecule has 1 aromatic carbocycles. The molecule has 1 unspecified atom stereocenters. The molecule has 5 heteroatoms. The van der Waals surface area contributed by atoms with Crippen LogP contribution in [0.5, 0.6) is 5.75 Å². The van der Waals surface area contributed by atoms with E-state index >= 15 is 0 Å². The fraction of sp³-hybridized carbons (Fsp3) is 0.385. The molecule has 0 aromatic heterocycles. The van der Waals surface area contributed by atoms with Crippen LogP contribution in [0.3, 0.4) is 0 Å². The zero-order valence-electron chi connectivity index (χ0n) is 10.6. The molecule has 1 heterocycles. The van der Waals surface area contributed by atoms with Crippen molar-refractivity contribution in [3.8, 4) is 5.75 Å². The predicted molar refractivity (Wildman–Crippen MR) is 75.6 cm³/mol. The van der Waals surface area contributed by atoms with Crippen molar-refractivity contribution in [2.24, 2.45) is 5.41 Å². The van der Waals surface area contributed by atoms with Crippen molar-refractivity contribution in [1.29, 1.82) is 0 Å². The van der Waals surface area contributed by atoms with Crippen LogP contribution in [0.25, 0.3) is 0 Å². The average Bonchev–Trinajstić information content (AvgIpc) is 2.22. The van der Waals surface area contributed by atoms with Gasteiger partial charge in [-0.1, -0.05) is 19.9 Å². The summed E-state index contributed by atoms with van der Waals surface area (Å²) in [6, 6.07) is 5.05. The number of benzene rings is 1. The van der Waals surface area contributed by atoms with Crippen LogP contribution in [0.1, 0.15) is 20.3 Å². The molecule has 0 spiro atoms. The lowest BCUT2D eigenvalue weighted by Crippen LogP contribution is -2.26. The van der Waals surface area contributed by atoms with Gasteiger partial charge in [0.1, 0.15) is 5.75 Å². The summed E-state index contributed by atoms with van der Waals surface area (Å²) in [5.74, 6) is 0.727. The first-order valence-electron chi connectivity index (χ1n) is 5.80. The van der Waals surface area contributed by atoms with Crippen LogP contribution in [0, 0.1) is 5.41 Å². The minimum absolute atomic E-state index is 0.00747. The van der Waals surface area contributed by atoms with E-state index in [0.29, 0.717) is 17.1 Å². The molecular formula is C13H18N2O2S. The average molecular weight is 266 g/mol. The minimum atomic E-state index is -0.953. The van der Waals surface area contributed by atoms with Crippen LogP contribution in [-0.2, 0) is 10.8 Å². The minimum Gasteiger partial charge on any atom is -0.506 e. The van der Waals surface area contributed by atoms with E-state index in [4.69, 9.17) is 5.73 Å². The number of aromatic hydroxyl groups is 1. The zero-order chi connectivity index (χ0) is 13.3. The third kappa shape index (κ3) is 2.85. The van der Waals surface area contributed by atoms with E-state index in [0.717, 1.165) is 12.1 Å². The van der Waals surface area contributed by atoms with E-state index in [9.17, 15) is 9.32 Å². The zero-order valence-corrected chi connectivity index (χ0v) is 11.4. The Morgan fingerprint density at radius 2 is 2.17 bits per heavy atom. The molecule has 0 radical (unpaired) electrons. The van der Waals surface area contributed by atoms with Crippen molar-refractivity contribution >= 4 is 22.2 Å². The highest BCUT2D eigenvalue weighted by Gasteiger charge is 2.27. The van der Waals surface area contributed by atoms with Gasteiger partial charge < -0.3 is 16.2 Å². The number of hydrogen-bond donors (Lipinski definition) is 3. The summed E-state index contributed by atoms with van der Waals surface area (Å²) in [7, 11) is -0.953. The maximum Gasteiger partial charge on any atom is 0.140 e. The van der Waals surface area contributed by atoms with E-state index in [1.807, 2.05) is 0 Å². The number of allylic oxidation sites excluding steroid dienone is 1. The molecule has 0 bridgehead atoms. The number of rotatable bonds is 2. The van der Waals surface area contributed by atoms with Crippen LogP contribution in [-0.4, -0.2) is 15.1 Å². The standard InChI is InChI=1S/C13H18N2O2S/c1-13(2)6-9(7-18(17)8-13)15-10-4-3-5-11(16)12(10)14/h3-5,7,15-16H,6,8,14H2,1-2H3. The molecule has 1 aliphatic rings. The Labute approximate surface area is 109 Å². The van der Waals surface area contributed by atoms with Crippen molar-refractivity contribution in [3.63, 3.8) is 0 Å². The first kappa shape index (κ1) is 13.0. The maximum absolute atomic E-state index is 11.7. The molecule has 1 atom stereocenters. The number of phenols is 1. The van der Waals surface area contributed by atoms with Crippen molar-refractivity contribution in [3.05, 3.63) is 29.3 Å². The van der Waals surface area contributed by atoms with Gasteiger partial charge in [0, 0.05) is 27.7 Å². The number of nitrogens with two attached hydrogens (primary N) is 1. The lowest BCUT2D eigenvalue weighted by Gasteiger charge is -2.29. The monoisotopic (exact) mass is 266 g/mol. The van der Waals surface area contributed by atoms with Gasteiger partial charge in [0.05, 0.1) is 11.4 Å². The lowest BCUT2D eigenvalue weighted by molar-refractivity contribution is 0.413. The summed E-state index contributed by atoms with van der Waals surface area (Å²) in [5.41, 5.74) is 7.65.